The van der Waals surface area contributed by atoms with E-state index in [9.17, 15) is 14.9 Å². The average Bonchev–Trinajstić information content (AvgIpc) is 3.11. The largest absolute Gasteiger partial charge is 0.322 e. The van der Waals surface area contributed by atoms with E-state index >= 15 is 0 Å². The van der Waals surface area contributed by atoms with Crippen LogP contribution < -0.4 is 5.32 Å². The molecule has 1 saturated heterocycles. The van der Waals surface area contributed by atoms with Gasteiger partial charge in [-0.15, -0.1) is 0 Å². The molecular formula is C16H19N5O3. The van der Waals surface area contributed by atoms with Crippen LogP contribution in [0.3, 0.4) is 0 Å². The minimum atomic E-state index is -0.446. The standard InChI is InChI=1S/C16H19N5O3/c1-11-8-13(21(23)24)5-6-14(11)19-16(22)20-7-3-2-4-15(20)12-9-17-18-10-12/h5-6,8-10,15H,2-4,7H2,1H3,(H,17,18)(H,19,22)/t15-/m1/s1. The first kappa shape index (κ1) is 16.0. The number of nitro benzene ring substituents is 1. The number of hydrogen-bond donors (Lipinski definition) is 2. The van der Waals surface area contributed by atoms with Gasteiger partial charge in [0.2, 0.25) is 0 Å². The maximum atomic E-state index is 12.7. The van der Waals surface area contributed by atoms with Gasteiger partial charge in [0.25, 0.3) is 5.69 Å². The normalized spacial score (nSPS) is 17.5. The van der Waals surface area contributed by atoms with E-state index in [4.69, 9.17) is 0 Å². The van der Waals surface area contributed by atoms with Crippen molar-refractivity contribution in [1.82, 2.24) is 15.1 Å². The fourth-order valence-corrected chi connectivity index (χ4v) is 3.05. The van der Waals surface area contributed by atoms with Crippen molar-refractivity contribution in [3.63, 3.8) is 0 Å². The van der Waals surface area contributed by atoms with E-state index < -0.39 is 4.92 Å². The Labute approximate surface area is 139 Å². The molecule has 8 heteroatoms. The van der Waals surface area contributed by atoms with Gasteiger partial charge in [0.15, 0.2) is 0 Å². The molecule has 1 aliphatic rings. The minimum Gasteiger partial charge on any atom is -0.317 e. The molecule has 2 amide bonds. The summed E-state index contributed by atoms with van der Waals surface area (Å²) in [5.41, 5.74) is 2.25. The number of piperidine rings is 1. The van der Waals surface area contributed by atoms with Crippen molar-refractivity contribution < 1.29 is 9.72 Å². The van der Waals surface area contributed by atoms with Gasteiger partial charge < -0.3 is 10.2 Å². The Kier molecular flexibility index (Phi) is 4.45. The number of nitro groups is 1. The number of aryl methyl sites for hydroxylation is 1. The number of aromatic nitrogens is 2. The van der Waals surface area contributed by atoms with Crippen LogP contribution >= 0.6 is 0 Å². The number of H-pyrrole nitrogens is 1. The highest BCUT2D eigenvalue weighted by atomic mass is 16.6. The number of rotatable bonds is 3. The summed E-state index contributed by atoms with van der Waals surface area (Å²) in [7, 11) is 0. The maximum Gasteiger partial charge on any atom is 0.322 e. The Hall–Kier alpha value is -2.90. The van der Waals surface area contributed by atoms with Gasteiger partial charge in [-0.25, -0.2) is 4.79 Å². The van der Waals surface area contributed by atoms with E-state index in [1.54, 1.807) is 24.1 Å². The topological polar surface area (TPSA) is 104 Å². The average molecular weight is 329 g/mol. The lowest BCUT2D eigenvalue weighted by molar-refractivity contribution is -0.384. The molecule has 0 radical (unpaired) electrons. The molecule has 1 fully saturated rings. The second-order valence-corrected chi connectivity index (χ2v) is 5.92. The van der Waals surface area contributed by atoms with Gasteiger partial charge in [0, 0.05) is 36.1 Å². The van der Waals surface area contributed by atoms with Crippen molar-refractivity contribution in [2.75, 3.05) is 11.9 Å². The summed E-state index contributed by atoms with van der Waals surface area (Å²) in [6, 6.07) is 4.22. The number of carbonyl (C=O) groups is 1. The van der Waals surface area contributed by atoms with Crippen LogP contribution in [0.1, 0.15) is 36.4 Å². The SMILES string of the molecule is Cc1cc([N+](=O)[O-])ccc1NC(=O)N1CCCC[C@@H]1c1cn[nH]c1. The van der Waals surface area contributed by atoms with Gasteiger partial charge in [-0.3, -0.25) is 15.2 Å². The van der Waals surface area contributed by atoms with Crippen molar-refractivity contribution >= 4 is 17.4 Å². The summed E-state index contributed by atoms with van der Waals surface area (Å²) in [6.07, 6.45) is 6.48. The molecule has 8 nitrogen and oxygen atoms in total. The van der Waals surface area contributed by atoms with E-state index in [1.807, 2.05) is 6.20 Å². The third-order valence-corrected chi connectivity index (χ3v) is 4.33. The van der Waals surface area contributed by atoms with Crippen LogP contribution in [0, 0.1) is 17.0 Å². The van der Waals surface area contributed by atoms with Gasteiger partial charge in [0.1, 0.15) is 0 Å². The van der Waals surface area contributed by atoms with Crippen LogP contribution in [-0.2, 0) is 0 Å². The number of benzene rings is 1. The van der Waals surface area contributed by atoms with E-state index in [1.165, 1.54) is 12.1 Å². The Morgan fingerprint density at radius 2 is 2.29 bits per heavy atom. The Morgan fingerprint density at radius 1 is 1.46 bits per heavy atom. The molecule has 24 heavy (non-hydrogen) atoms. The number of urea groups is 1. The lowest BCUT2D eigenvalue weighted by Gasteiger charge is -2.35. The van der Waals surface area contributed by atoms with Crippen LogP contribution in [0.5, 0.6) is 0 Å². The van der Waals surface area contributed by atoms with Crippen molar-refractivity contribution in [2.24, 2.45) is 0 Å². The highest BCUT2D eigenvalue weighted by Gasteiger charge is 2.28. The summed E-state index contributed by atoms with van der Waals surface area (Å²) in [6.45, 7) is 2.42. The molecule has 2 aromatic rings. The van der Waals surface area contributed by atoms with Crippen LogP contribution in [0.2, 0.25) is 0 Å². The van der Waals surface area contributed by atoms with Crippen LogP contribution in [0.25, 0.3) is 0 Å². The fourth-order valence-electron chi connectivity index (χ4n) is 3.05. The van der Waals surface area contributed by atoms with E-state index in [2.05, 4.69) is 15.5 Å². The number of nitrogens with one attached hydrogen (secondary N) is 2. The molecule has 0 bridgehead atoms. The lowest BCUT2D eigenvalue weighted by atomic mass is 9.98. The fraction of sp³-hybridized carbons (Fsp3) is 0.375. The molecular weight excluding hydrogens is 310 g/mol. The first-order valence-corrected chi connectivity index (χ1v) is 7.87. The zero-order chi connectivity index (χ0) is 17.1. The van der Waals surface area contributed by atoms with Gasteiger partial charge in [-0.1, -0.05) is 0 Å². The molecule has 1 atom stereocenters. The number of anilines is 1. The smallest absolute Gasteiger partial charge is 0.317 e. The number of nitrogens with zero attached hydrogens (tertiary/aromatic N) is 3. The van der Waals surface area contributed by atoms with Gasteiger partial charge in [0.05, 0.1) is 17.2 Å². The molecule has 1 aromatic carbocycles. The molecule has 3 rings (SSSR count). The predicted octanol–water partition coefficient (Wildman–Crippen LogP) is 3.39. The van der Waals surface area contributed by atoms with Crippen molar-refractivity contribution in [3.05, 3.63) is 51.8 Å². The van der Waals surface area contributed by atoms with E-state index in [0.29, 0.717) is 17.8 Å². The highest BCUT2D eigenvalue weighted by Crippen LogP contribution is 2.31. The summed E-state index contributed by atoms with van der Waals surface area (Å²) < 4.78 is 0. The maximum absolute atomic E-state index is 12.7. The van der Waals surface area contributed by atoms with Crippen LogP contribution in [0.15, 0.2) is 30.6 Å². The second-order valence-electron chi connectivity index (χ2n) is 5.92. The molecule has 2 N–H and O–H groups in total. The van der Waals surface area contributed by atoms with Gasteiger partial charge in [-0.2, -0.15) is 5.10 Å². The number of likely N-dealkylation sites (tertiary alicyclic amines) is 1. The number of non-ortho nitro benzene ring substituents is 1. The Bertz CT molecular complexity index is 744. The molecule has 126 valence electrons. The number of hydrogen-bond acceptors (Lipinski definition) is 4. The second kappa shape index (κ2) is 6.69. The first-order valence-electron chi connectivity index (χ1n) is 7.87. The quantitative estimate of drug-likeness (QED) is 0.665. The third-order valence-electron chi connectivity index (χ3n) is 4.33. The van der Waals surface area contributed by atoms with E-state index in [-0.39, 0.29) is 17.8 Å². The Morgan fingerprint density at radius 3 is 2.96 bits per heavy atom. The Balaban J connectivity index is 1.77. The van der Waals surface area contributed by atoms with Crippen molar-refractivity contribution in [1.29, 1.82) is 0 Å². The molecule has 1 aliphatic heterocycles. The number of aromatic amines is 1. The summed E-state index contributed by atoms with van der Waals surface area (Å²) in [4.78, 5) is 24.9. The first-order chi connectivity index (χ1) is 11.6. The third kappa shape index (κ3) is 3.22. The summed E-state index contributed by atoms with van der Waals surface area (Å²) in [5.74, 6) is 0. The minimum absolute atomic E-state index is 0.00384. The predicted molar refractivity (Wildman–Crippen MR) is 88.7 cm³/mol. The summed E-state index contributed by atoms with van der Waals surface area (Å²) >= 11 is 0. The lowest BCUT2D eigenvalue weighted by Crippen LogP contribution is -2.41. The molecule has 0 aliphatic carbocycles. The monoisotopic (exact) mass is 329 g/mol. The van der Waals surface area contributed by atoms with Gasteiger partial charge in [-0.05, 0) is 37.8 Å². The van der Waals surface area contributed by atoms with Gasteiger partial charge >= 0.3 is 6.03 Å². The van der Waals surface area contributed by atoms with E-state index in [0.717, 1.165) is 24.8 Å². The highest BCUT2D eigenvalue weighted by molar-refractivity contribution is 5.90. The van der Waals surface area contributed by atoms with Crippen LogP contribution in [0.4, 0.5) is 16.2 Å². The zero-order valence-corrected chi connectivity index (χ0v) is 13.4. The summed E-state index contributed by atoms with van der Waals surface area (Å²) in [5, 5.41) is 20.4. The number of carbonyl (C=O) groups excluding carboxylic acids is 1. The molecule has 1 aromatic heterocycles. The van der Waals surface area contributed by atoms with Crippen LogP contribution in [-0.4, -0.2) is 32.6 Å². The molecule has 2 heterocycles. The molecule has 0 saturated carbocycles. The molecule has 0 unspecified atom stereocenters. The number of amides is 2. The van der Waals surface area contributed by atoms with Crippen molar-refractivity contribution in [3.8, 4) is 0 Å². The molecule has 0 spiro atoms. The zero-order valence-electron chi connectivity index (χ0n) is 13.4. The van der Waals surface area contributed by atoms with Crippen molar-refractivity contribution in [2.45, 2.75) is 32.2 Å².